The maximum atomic E-state index is 11.3. The van der Waals surface area contributed by atoms with Gasteiger partial charge in [0.1, 0.15) is 31.4 Å². The fraction of sp³-hybridized carbons (Fsp3) is 0.636. The summed E-state index contributed by atoms with van der Waals surface area (Å²) < 4.78 is 11.6. The predicted octanol–water partition coefficient (Wildman–Crippen LogP) is 0.346. The Labute approximate surface area is 111 Å². The molecule has 0 aliphatic heterocycles. The first-order valence-electron chi connectivity index (χ1n) is 5.82. The number of rotatable bonds is 5. The van der Waals surface area contributed by atoms with Crippen LogP contribution in [-0.2, 0) is 20.8 Å². The summed E-state index contributed by atoms with van der Waals surface area (Å²) in [4.78, 5) is 22.6. The van der Waals surface area contributed by atoms with Gasteiger partial charge in [-0.1, -0.05) is 0 Å². The molecule has 1 N–H and O–H groups in total. The average molecular weight is 270 g/mol. The van der Waals surface area contributed by atoms with Crippen molar-refractivity contribution >= 4 is 12.1 Å². The highest BCUT2D eigenvalue weighted by atomic mass is 16.6. The van der Waals surface area contributed by atoms with Crippen molar-refractivity contribution < 1.29 is 19.1 Å². The molecule has 1 heterocycles. The van der Waals surface area contributed by atoms with Crippen molar-refractivity contribution in [2.24, 2.45) is 0 Å². The number of aromatic nitrogens is 3. The lowest BCUT2D eigenvalue weighted by atomic mass is 10.2. The van der Waals surface area contributed by atoms with Crippen LogP contribution in [0.25, 0.3) is 0 Å². The number of ether oxygens (including phenoxy) is 2. The zero-order valence-corrected chi connectivity index (χ0v) is 11.3. The molecule has 0 aliphatic carbocycles. The molecule has 1 aromatic heterocycles. The number of nitrogens with one attached hydrogen (secondary N) is 1. The minimum absolute atomic E-state index is 0.187. The Morgan fingerprint density at radius 1 is 1.26 bits per heavy atom. The monoisotopic (exact) mass is 270 g/mol. The second kappa shape index (κ2) is 6.72. The van der Waals surface area contributed by atoms with Crippen LogP contribution in [-0.4, -0.2) is 45.6 Å². The van der Waals surface area contributed by atoms with Crippen LogP contribution in [0.15, 0.2) is 12.7 Å². The van der Waals surface area contributed by atoms with Crippen LogP contribution in [0.1, 0.15) is 20.8 Å². The molecule has 0 atom stereocenters. The fourth-order valence-electron chi connectivity index (χ4n) is 1.11. The van der Waals surface area contributed by atoms with E-state index in [9.17, 15) is 9.59 Å². The van der Waals surface area contributed by atoms with Gasteiger partial charge < -0.3 is 19.4 Å². The molecule has 1 amide bonds. The molecule has 0 saturated heterocycles. The summed E-state index contributed by atoms with van der Waals surface area (Å²) >= 11 is 0. The van der Waals surface area contributed by atoms with E-state index >= 15 is 0 Å². The number of amides is 1. The quantitative estimate of drug-likeness (QED) is 0.775. The Balaban J connectivity index is 2.12. The lowest BCUT2D eigenvalue weighted by Gasteiger charge is -2.19. The van der Waals surface area contributed by atoms with Crippen molar-refractivity contribution in [1.82, 2.24) is 20.1 Å². The van der Waals surface area contributed by atoms with E-state index in [0.717, 1.165) is 0 Å². The zero-order chi connectivity index (χ0) is 14.3. The van der Waals surface area contributed by atoms with Crippen LogP contribution >= 0.6 is 0 Å². The maximum Gasteiger partial charge on any atom is 0.408 e. The van der Waals surface area contributed by atoms with Gasteiger partial charge in [-0.15, -0.1) is 10.2 Å². The van der Waals surface area contributed by atoms with Crippen molar-refractivity contribution in [2.75, 3.05) is 13.2 Å². The molecule has 0 aromatic carbocycles. The third-order valence-electron chi connectivity index (χ3n) is 1.86. The topological polar surface area (TPSA) is 95.3 Å². The zero-order valence-electron chi connectivity index (χ0n) is 11.3. The van der Waals surface area contributed by atoms with Gasteiger partial charge in [0, 0.05) is 0 Å². The van der Waals surface area contributed by atoms with E-state index < -0.39 is 17.7 Å². The minimum Gasteiger partial charge on any atom is -0.462 e. The van der Waals surface area contributed by atoms with Crippen LogP contribution in [0.2, 0.25) is 0 Å². The van der Waals surface area contributed by atoms with Crippen molar-refractivity contribution in [1.29, 1.82) is 0 Å². The lowest BCUT2D eigenvalue weighted by Crippen LogP contribution is -2.36. The summed E-state index contributed by atoms with van der Waals surface area (Å²) in [6.07, 6.45) is 2.39. The third-order valence-corrected chi connectivity index (χ3v) is 1.86. The number of alkyl carbamates (subject to hydrolysis) is 1. The van der Waals surface area contributed by atoms with Gasteiger partial charge in [0.2, 0.25) is 0 Å². The number of carbonyl (C=O) groups is 2. The Morgan fingerprint density at radius 2 is 1.89 bits per heavy atom. The normalized spacial score (nSPS) is 10.9. The highest BCUT2D eigenvalue weighted by Gasteiger charge is 2.16. The standard InChI is InChI=1S/C11H18N4O4/c1-11(2,3)19-10(17)12-6-9(16)18-5-4-15-7-13-14-8-15/h7-8H,4-6H2,1-3H3,(H,12,17). The van der Waals surface area contributed by atoms with E-state index in [2.05, 4.69) is 15.5 Å². The maximum absolute atomic E-state index is 11.3. The Hall–Kier alpha value is -2.12. The Kier molecular flexibility index (Phi) is 5.28. The van der Waals surface area contributed by atoms with E-state index in [0.29, 0.717) is 6.54 Å². The number of carbonyl (C=O) groups excluding carboxylic acids is 2. The summed E-state index contributed by atoms with van der Waals surface area (Å²) in [6, 6.07) is 0. The molecular weight excluding hydrogens is 252 g/mol. The van der Waals surface area contributed by atoms with Gasteiger partial charge in [-0.25, -0.2) is 4.79 Å². The molecule has 0 spiro atoms. The number of nitrogens with zero attached hydrogens (tertiary/aromatic N) is 3. The molecule has 1 aromatic rings. The molecule has 19 heavy (non-hydrogen) atoms. The average Bonchev–Trinajstić information content (AvgIpc) is 2.77. The molecule has 106 valence electrons. The molecular formula is C11H18N4O4. The minimum atomic E-state index is -0.650. The van der Waals surface area contributed by atoms with Crippen LogP contribution in [0, 0.1) is 0 Å². The van der Waals surface area contributed by atoms with Crippen molar-refractivity contribution in [2.45, 2.75) is 32.9 Å². The highest BCUT2D eigenvalue weighted by molar-refractivity contribution is 5.77. The van der Waals surface area contributed by atoms with E-state index in [1.807, 2.05) is 0 Å². The number of hydrogen-bond acceptors (Lipinski definition) is 6. The number of hydrogen-bond donors (Lipinski definition) is 1. The molecule has 8 nitrogen and oxygen atoms in total. The smallest absolute Gasteiger partial charge is 0.408 e. The van der Waals surface area contributed by atoms with Crippen molar-refractivity contribution in [3.05, 3.63) is 12.7 Å². The SMILES string of the molecule is CC(C)(C)OC(=O)NCC(=O)OCCn1cnnc1. The predicted molar refractivity (Wildman–Crippen MR) is 65.2 cm³/mol. The van der Waals surface area contributed by atoms with Gasteiger partial charge in [0.15, 0.2) is 0 Å². The fourth-order valence-corrected chi connectivity index (χ4v) is 1.11. The van der Waals surface area contributed by atoms with Crippen LogP contribution in [0.3, 0.4) is 0 Å². The van der Waals surface area contributed by atoms with Crippen molar-refractivity contribution in [3.63, 3.8) is 0 Å². The molecule has 0 aliphatic rings. The van der Waals surface area contributed by atoms with Gasteiger partial charge in [-0.2, -0.15) is 0 Å². The summed E-state index contributed by atoms with van der Waals surface area (Å²) in [5.74, 6) is -0.529. The second-order valence-corrected chi connectivity index (χ2v) is 4.78. The van der Waals surface area contributed by atoms with E-state index in [-0.39, 0.29) is 13.2 Å². The first-order chi connectivity index (χ1) is 8.87. The first kappa shape index (κ1) is 14.9. The van der Waals surface area contributed by atoms with E-state index in [1.54, 1.807) is 25.3 Å². The van der Waals surface area contributed by atoms with Gasteiger partial charge in [-0.3, -0.25) is 4.79 Å². The Bertz CT molecular complexity index is 411. The largest absolute Gasteiger partial charge is 0.462 e. The molecule has 8 heteroatoms. The highest BCUT2D eigenvalue weighted by Crippen LogP contribution is 2.06. The van der Waals surface area contributed by atoms with Crippen LogP contribution < -0.4 is 5.32 Å². The first-order valence-corrected chi connectivity index (χ1v) is 5.82. The second-order valence-electron chi connectivity index (χ2n) is 4.78. The molecule has 0 fully saturated rings. The molecule has 1 rings (SSSR count). The van der Waals surface area contributed by atoms with Gasteiger partial charge >= 0.3 is 12.1 Å². The van der Waals surface area contributed by atoms with E-state index in [4.69, 9.17) is 9.47 Å². The number of esters is 1. The molecule has 0 unspecified atom stereocenters. The summed E-state index contributed by atoms with van der Waals surface area (Å²) in [7, 11) is 0. The summed E-state index contributed by atoms with van der Waals surface area (Å²) in [5.41, 5.74) is -0.595. The van der Waals surface area contributed by atoms with E-state index in [1.165, 1.54) is 12.7 Å². The molecule has 0 saturated carbocycles. The van der Waals surface area contributed by atoms with Gasteiger partial charge in [0.05, 0.1) is 6.54 Å². The van der Waals surface area contributed by atoms with Crippen LogP contribution in [0.4, 0.5) is 4.79 Å². The molecule has 0 radical (unpaired) electrons. The molecule has 0 bridgehead atoms. The van der Waals surface area contributed by atoms with Gasteiger partial charge in [0.25, 0.3) is 0 Å². The van der Waals surface area contributed by atoms with Crippen molar-refractivity contribution in [3.8, 4) is 0 Å². The third kappa shape index (κ3) is 7.02. The Morgan fingerprint density at radius 3 is 2.47 bits per heavy atom. The van der Waals surface area contributed by atoms with Crippen LogP contribution in [0.5, 0.6) is 0 Å². The lowest BCUT2D eigenvalue weighted by molar-refractivity contribution is -0.142. The summed E-state index contributed by atoms with van der Waals surface area (Å²) in [6.45, 7) is 5.65. The summed E-state index contributed by atoms with van der Waals surface area (Å²) in [5, 5.41) is 9.54. The van der Waals surface area contributed by atoms with Gasteiger partial charge in [-0.05, 0) is 20.8 Å².